The van der Waals surface area contributed by atoms with Crippen LogP contribution in [-0.4, -0.2) is 53.8 Å². The molecule has 0 radical (unpaired) electrons. The molecule has 6 heteroatoms. The summed E-state index contributed by atoms with van der Waals surface area (Å²) in [6.45, 7) is 2.60. The van der Waals surface area contributed by atoms with Crippen LogP contribution in [0.1, 0.15) is 36.0 Å². The van der Waals surface area contributed by atoms with Gasteiger partial charge in [-0.1, -0.05) is 18.2 Å². The van der Waals surface area contributed by atoms with E-state index >= 15 is 0 Å². The first kappa shape index (κ1) is 18.7. The molecule has 5 nitrogen and oxygen atoms in total. The summed E-state index contributed by atoms with van der Waals surface area (Å²) in [5.74, 6) is 0.131. The molecule has 2 fully saturated rings. The van der Waals surface area contributed by atoms with Crippen LogP contribution < -0.4 is 5.73 Å². The number of hydrogen-bond donors (Lipinski definition) is 1. The lowest BCUT2D eigenvalue weighted by Crippen LogP contribution is -2.49. The summed E-state index contributed by atoms with van der Waals surface area (Å²) in [7, 11) is 0. The van der Waals surface area contributed by atoms with E-state index in [4.69, 9.17) is 5.73 Å². The fraction of sp³-hybridized carbons (Fsp3) is 0.556. The molecule has 0 aliphatic carbocycles. The maximum absolute atomic E-state index is 12.8. The first-order valence-corrected chi connectivity index (χ1v) is 8.55. The molecule has 3 rings (SSSR count). The lowest BCUT2D eigenvalue weighted by Gasteiger charge is -2.35. The van der Waals surface area contributed by atoms with Crippen molar-refractivity contribution in [2.75, 3.05) is 26.2 Å². The summed E-state index contributed by atoms with van der Waals surface area (Å²) in [4.78, 5) is 29.2. The number of nitrogens with zero attached hydrogens (tertiary/aromatic N) is 2. The Morgan fingerprint density at radius 1 is 1.08 bits per heavy atom. The molecule has 1 aromatic rings. The highest BCUT2D eigenvalue weighted by Crippen LogP contribution is 2.25. The minimum absolute atomic E-state index is 0. The zero-order valence-electron chi connectivity index (χ0n) is 13.9. The average molecular weight is 352 g/mol. The van der Waals surface area contributed by atoms with Gasteiger partial charge in [0.1, 0.15) is 0 Å². The molecule has 2 saturated heterocycles. The summed E-state index contributed by atoms with van der Waals surface area (Å²) in [6.07, 6.45) is 3.79. The van der Waals surface area contributed by atoms with Crippen LogP contribution in [0.15, 0.2) is 30.3 Å². The van der Waals surface area contributed by atoms with E-state index in [2.05, 4.69) is 0 Å². The lowest BCUT2D eigenvalue weighted by molar-refractivity contribution is -0.137. The van der Waals surface area contributed by atoms with Crippen LogP contribution >= 0.6 is 12.4 Å². The Hall–Kier alpha value is -1.59. The maximum atomic E-state index is 12.8. The molecular weight excluding hydrogens is 326 g/mol. The first-order valence-electron chi connectivity index (χ1n) is 8.55. The van der Waals surface area contributed by atoms with E-state index in [9.17, 15) is 9.59 Å². The highest BCUT2D eigenvalue weighted by molar-refractivity contribution is 5.94. The van der Waals surface area contributed by atoms with Crippen LogP contribution in [0.3, 0.4) is 0 Å². The molecule has 132 valence electrons. The van der Waals surface area contributed by atoms with Crippen LogP contribution in [0.25, 0.3) is 0 Å². The third kappa shape index (κ3) is 3.90. The fourth-order valence-electron chi connectivity index (χ4n) is 3.73. The van der Waals surface area contributed by atoms with Gasteiger partial charge in [0.2, 0.25) is 5.91 Å². The van der Waals surface area contributed by atoms with E-state index in [1.165, 1.54) is 0 Å². The summed E-state index contributed by atoms with van der Waals surface area (Å²) in [6, 6.07) is 9.49. The van der Waals surface area contributed by atoms with Gasteiger partial charge in [-0.25, -0.2) is 0 Å². The summed E-state index contributed by atoms with van der Waals surface area (Å²) < 4.78 is 0. The second-order valence-corrected chi connectivity index (χ2v) is 6.52. The Morgan fingerprint density at radius 2 is 1.79 bits per heavy atom. The van der Waals surface area contributed by atoms with Crippen molar-refractivity contribution >= 4 is 24.2 Å². The highest BCUT2D eigenvalue weighted by atomic mass is 35.5. The third-order valence-electron chi connectivity index (χ3n) is 5.01. The summed E-state index contributed by atoms with van der Waals surface area (Å²) in [5.41, 5.74) is 6.48. The Balaban J connectivity index is 0.00000208. The molecular formula is C18H26ClN3O2. The molecule has 2 atom stereocenters. The molecule has 2 N–H and O–H groups in total. The summed E-state index contributed by atoms with van der Waals surface area (Å²) in [5, 5.41) is 0. The Labute approximate surface area is 149 Å². The number of amides is 2. The largest absolute Gasteiger partial charge is 0.338 e. The van der Waals surface area contributed by atoms with E-state index in [-0.39, 0.29) is 36.2 Å². The molecule has 2 heterocycles. The average Bonchev–Trinajstić information content (AvgIpc) is 3.10. The van der Waals surface area contributed by atoms with Crippen molar-refractivity contribution in [1.82, 2.24) is 9.80 Å². The van der Waals surface area contributed by atoms with Crippen molar-refractivity contribution in [3.05, 3.63) is 35.9 Å². The molecule has 2 amide bonds. The molecule has 0 spiro atoms. The number of piperidine rings is 1. The quantitative estimate of drug-likeness (QED) is 0.904. The minimum Gasteiger partial charge on any atom is -0.338 e. The number of carbonyl (C=O) groups excluding carboxylic acids is 2. The van der Waals surface area contributed by atoms with Crippen molar-refractivity contribution in [2.24, 2.45) is 11.7 Å². The predicted octanol–water partition coefficient (Wildman–Crippen LogP) is 1.91. The number of carbonyl (C=O) groups is 2. The molecule has 24 heavy (non-hydrogen) atoms. The Morgan fingerprint density at radius 3 is 2.50 bits per heavy atom. The Bertz CT molecular complexity index is 567. The number of benzene rings is 1. The topological polar surface area (TPSA) is 66.6 Å². The van der Waals surface area contributed by atoms with Gasteiger partial charge in [-0.15, -0.1) is 12.4 Å². The van der Waals surface area contributed by atoms with Crippen LogP contribution in [0, 0.1) is 5.92 Å². The first-order chi connectivity index (χ1) is 11.2. The number of rotatable bonds is 3. The normalized spacial score (nSPS) is 23.7. The number of likely N-dealkylation sites (tertiary alicyclic amines) is 2. The van der Waals surface area contributed by atoms with Crippen molar-refractivity contribution < 1.29 is 9.59 Å². The Kier molecular flexibility index (Phi) is 6.63. The SMILES string of the molecule is Cl.NCC1CCCN1C(=O)C1CCCN(C(=O)c2ccccc2)C1. The van der Waals surface area contributed by atoms with Gasteiger partial charge < -0.3 is 15.5 Å². The maximum Gasteiger partial charge on any atom is 0.253 e. The van der Waals surface area contributed by atoms with Gasteiger partial charge in [0, 0.05) is 37.8 Å². The molecule has 1 aromatic carbocycles. The molecule has 0 aromatic heterocycles. The van der Waals surface area contributed by atoms with Crippen LogP contribution in [-0.2, 0) is 4.79 Å². The minimum atomic E-state index is -0.0800. The highest BCUT2D eigenvalue weighted by Gasteiger charge is 2.35. The van der Waals surface area contributed by atoms with Crippen LogP contribution in [0.5, 0.6) is 0 Å². The lowest BCUT2D eigenvalue weighted by atomic mass is 9.95. The monoisotopic (exact) mass is 351 g/mol. The second-order valence-electron chi connectivity index (χ2n) is 6.52. The number of hydrogen-bond acceptors (Lipinski definition) is 3. The van der Waals surface area contributed by atoms with E-state index in [0.29, 0.717) is 18.7 Å². The fourth-order valence-corrected chi connectivity index (χ4v) is 3.73. The van der Waals surface area contributed by atoms with Crippen LogP contribution in [0.2, 0.25) is 0 Å². The number of halogens is 1. The zero-order valence-corrected chi connectivity index (χ0v) is 14.7. The standard InChI is InChI=1S/C18H25N3O2.ClH/c19-12-16-9-5-11-21(16)18(23)15-8-4-10-20(13-15)17(22)14-6-2-1-3-7-14;/h1-3,6-7,15-16H,4-5,8-13,19H2;1H. The van der Waals surface area contributed by atoms with Crippen molar-refractivity contribution in [2.45, 2.75) is 31.7 Å². The third-order valence-corrected chi connectivity index (χ3v) is 5.01. The van der Waals surface area contributed by atoms with Gasteiger partial charge >= 0.3 is 0 Å². The second kappa shape index (κ2) is 8.49. The molecule has 2 aliphatic heterocycles. The van der Waals surface area contributed by atoms with Crippen molar-refractivity contribution in [3.8, 4) is 0 Å². The van der Waals surface area contributed by atoms with Gasteiger partial charge in [-0.05, 0) is 37.8 Å². The molecule has 0 saturated carbocycles. The van der Waals surface area contributed by atoms with E-state index in [1.807, 2.05) is 40.1 Å². The van der Waals surface area contributed by atoms with Gasteiger partial charge in [0.25, 0.3) is 5.91 Å². The van der Waals surface area contributed by atoms with Crippen molar-refractivity contribution in [1.29, 1.82) is 0 Å². The predicted molar refractivity (Wildman–Crippen MR) is 96.1 cm³/mol. The van der Waals surface area contributed by atoms with Gasteiger partial charge in [-0.2, -0.15) is 0 Å². The number of nitrogens with two attached hydrogens (primary N) is 1. The van der Waals surface area contributed by atoms with Gasteiger partial charge in [0.05, 0.1) is 5.92 Å². The zero-order chi connectivity index (χ0) is 16.2. The molecule has 0 bridgehead atoms. The molecule has 2 aliphatic rings. The van der Waals surface area contributed by atoms with Gasteiger partial charge in [0.15, 0.2) is 0 Å². The molecule has 2 unspecified atom stereocenters. The summed E-state index contributed by atoms with van der Waals surface area (Å²) >= 11 is 0. The van der Waals surface area contributed by atoms with E-state index in [0.717, 1.165) is 38.8 Å². The van der Waals surface area contributed by atoms with E-state index in [1.54, 1.807) is 0 Å². The van der Waals surface area contributed by atoms with Gasteiger partial charge in [-0.3, -0.25) is 9.59 Å². The van der Waals surface area contributed by atoms with E-state index < -0.39 is 0 Å². The van der Waals surface area contributed by atoms with Crippen LogP contribution in [0.4, 0.5) is 0 Å². The van der Waals surface area contributed by atoms with Crippen molar-refractivity contribution in [3.63, 3.8) is 0 Å². The smallest absolute Gasteiger partial charge is 0.253 e.